The SMILES string of the molecule is CN([C@@H]1CCS(=O)(=O)C1)S(=O)(=O)c1ccc(N2C(=O)CCS2(=O)=O)cc1. The van der Waals surface area contributed by atoms with Crippen molar-refractivity contribution in [1.82, 2.24) is 4.31 Å². The van der Waals surface area contributed by atoms with E-state index in [4.69, 9.17) is 0 Å². The van der Waals surface area contributed by atoms with Crippen LogP contribution in [0.15, 0.2) is 29.2 Å². The quantitative estimate of drug-likeness (QED) is 0.644. The van der Waals surface area contributed by atoms with E-state index in [1.807, 2.05) is 0 Å². The molecule has 144 valence electrons. The van der Waals surface area contributed by atoms with Crippen molar-refractivity contribution in [2.75, 3.05) is 28.6 Å². The Hall–Kier alpha value is -1.50. The Balaban J connectivity index is 1.87. The number of carbonyl (C=O) groups is 1. The number of rotatable bonds is 4. The van der Waals surface area contributed by atoms with Gasteiger partial charge in [-0.3, -0.25) is 4.79 Å². The van der Waals surface area contributed by atoms with E-state index in [2.05, 4.69) is 0 Å². The van der Waals surface area contributed by atoms with Crippen LogP contribution in [0.25, 0.3) is 0 Å². The Morgan fingerprint density at radius 2 is 1.69 bits per heavy atom. The highest BCUT2D eigenvalue weighted by Gasteiger charge is 2.38. The molecule has 3 rings (SSSR count). The minimum Gasteiger partial charge on any atom is -0.273 e. The molecule has 2 fully saturated rings. The van der Waals surface area contributed by atoms with Gasteiger partial charge in [-0.15, -0.1) is 0 Å². The molecule has 0 bridgehead atoms. The molecule has 0 aromatic heterocycles. The van der Waals surface area contributed by atoms with E-state index in [-0.39, 0.29) is 40.7 Å². The third-order valence-corrected chi connectivity index (χ3v) is 9.91. The first-order chi connectivity index (χ1) is 11.9. The maximum absolute atomic E-state index is 12.7. The maximum Gasteiger partial charge on any atom is 0.243 e. The molecule has 2 heterocycles. The van der Waals surface area contributed by atoms with Crippen molar-refractivity contribution in [2.24, 2.45) is 0 Å². The minimum absolute atomic E-state index is 0.0502. The highest BCUT2D eigenvalue weighted by atomic mass is 32.2. The van der Waals surface area contributed by atoms with Gasteiger partial charge in [0, 0.05) is 19.5 Å². The Labute approximate surface area is 152 Å². The average Bonchev–Trinajstić information content (AvgIpc) is 3.05. The van der Waals surface area contributed by atoms with Gasteiger partial charge in [-0.2, -0.15) is 4.31 Å². The van der Waals surface area contributed by atoms with Crippen molar-refractivity contribution < 1.29 is 30.0 Å². The van der Waals surface area contributed by atoms with Gasteiger partial charge in [0.15, 0.2) is 9.84 Å². The number of amides is 1. The molecule has 0 N–H and O–H groups in total. The summed E-state index contributed by atoms with van der Waals surface area (Å²) in [4.78, 5) is 11.7. The maximum atomic E-state index is 12.7. The van der Waals surface area contributed by atoms with Crippen LogP contribution < -0.4 is 4.31 Å². The summed E-state index contributed by atoms with van der Waals surface area (Å²) in [5.41, 5.74) is 0.0811. The summed E-state index contributed by atoms with van der Waals surface area (Å²) in [5.74, 6) is -1.11. The van der Waals surface area contributed by atoms with E-state index in [1.165, 1.54) is 31.3 Å². The van der Waals surface area contributed by atoms with Crippen molar-refractivity contribution in [2.45, 2.75) is 23.8 Å². The first-order valence-electron chi connectivity index (χ1n) is 7.78. The first kappa shape index (κ1) is 19.3. The van der Waals surface area contributed by atoms with Gasteiger partial charge in [-0.1, -0.05) is 0 Å². The molecule has 12 heteroatoms. The van der Waals surface area contributed by atoms with E-state index in [1.54, 1.807) is 0 Å². The summed E-state index contributed by atoms with van der Waals surface area (Å²) in [6, 6.07) is 4.31. The molecule has 9 nitrogen and oxygen atoms in total. The number of anilines is 1. The standard InChI is InChI=1S/C14H18N2O7S3/c1-15(12-6-8-24(18,19)10-12)26(22,23)13-4-2-11(3-5-13)16-14(17)7-9-25(16,20)21/h2-5,12H,6-10H2,1H3/t12-/m1/s1. The lowest BCUT2D eigenvalue weighted by molar-refractivity contribution is -0.116. The van der Waals surface area contributed by atoms with Gasteiger partial charge in [0.05, 0.1) is 27.8 Å². The lowest BCUT2D eigenvalue weighted by atomic mass is 10.3. The molecule has 0 saturated carbocycles. The lowest BCUT2D eigenvalue weighted by Gasteiger charge is -2.23. The van der Waals surface area contributed by atoms with Crippen molar-refractivity contribution in [3.05, 3.63) is 24.3 Å². The van der Waals surface area contributed by atoms with Gasteiger partial charge in [0.2, 0.25) is 26.0 Å². The van der Waals surface area contributed by atoms with Crippen LogP contribution in [0.2, 0.25) is 0 Å². The molecule has 0 unspecified atom stereocenters. The fourth-order valence-corrected chi connectivity index (χ4v) is 7.76. The molecule has 1 aromatic rings. The smallest absolute Gasteiger partial charge is 0.243 e. The number of hydrogen-bond donors (Lipinski definition) is 0. The predicted octanol–water partition coefficient (Wildman–Crippen LogP) is -0.439. The van der Waals surface area contributed by atoms with E-state index in [9.17, 15) is 30.0 Å². The molecule has 1 atom stereocenters. The Morgan fingerprint density at radius 3 is 2.15 bits per heavy atom. The van der Waals surface area contributed by atoms with Crippen molar-refractivity contribution in [1.29, 1.82) is 0 Å². The van der Waals surface area contributed by atoms with Crippen LogP contribution in [0, 0.1) is 0 Å². The molecule has 2 aliphatic rings. The second-order valence-electron chi connectivity index (χ2n) is 6.30. The van der Waals surface area contributed by atoms with Crippen molar-refractivity contribution in [3.8, 4) is 0 Å². The van der Waals surface area contributed by atoms with E-state index < -0.39 is 41.8 Å². The van der Waals surface area contributed by atoms with Gasteiger partial charge in [-0.05, 0) is 30.7 Å². The molecule has 0 radical (unpaired) electrons. The summed E-state index contributed by atoms with van der Waals surface area (Å²) >= 11 is 0. The molecule has 26 heavy (non-hydrogen) atoms. The summed E-state index contributed by atoms with van der Waals surface area (Å²) < 4.78 is 74.1. The number of carbonyl (C=O) groups excluding carboxylic acids is 1. The lowest BCUT2D eigenvalue weighted by Crippen LogP contribution is -2.37. The van der Waals surface area contributed by atoms with Gasteiger partial charge in [0.25, 0.3) is 0 Å². The number of sulfonamides is 2. The largest absolute Gasteiger partial charge is 0.273 e. The number of nitrogens with zero attached hydrogens (tertiary/aromatic N) is 2. The van der Waals surface area contributed by atoms with Gasteiger partial charge >= 0.3 is 0 Å². The van der Waals surface area contributed by atoms with Gasteiger partial charge in [0.1, 0.15) is 0 Å². The third kappa shape index (κ3) is 3.38. The normalized spacial score (nSPS) is 25.1. The Kier molecular flexibility index (Phi) is 4.66. The van der Waals surface area contributed by atoms with Crippen LogP contribution in [0.4, 0.5) is 5.69 Å². The van der Waals surface area contributed by atoms with Crippen LogP contribution in [0.3, 0.4) is 0 Å². The molecule has 0 spiro atoms. The fraction of sp³-hybridized carbons (Fsp3) is 0.500. The molecule has 2 saturated heterocycles. The number of hydrogen-bond acceptors (Lipinski definition) is 7. The first-order valence-corrected chi connectivity index (χ1v) is 12.7. The van der Waals surface area contributed by atoms with E-state index in [0.717, 1.165) is 4.31 Å². The van der Waals surface area contributed by atoms with Crippen LogP contribution in [0.5, 0.6) is 0 Å². The topological polar surface area (TPSA) is 126 Å². The van der Waals surface area contributed by atoms with E-state index in [0.29, 0.717) is 4.31 Å². The average molecular weight is 423 g/mol. The summed E-state index contributed by atoms with van der Waals surface area (Å²) in [5, 5.41) is 0. The Morgan fingerprint density at radius 1 is 1.08 bits per heavy atom. The number of benzene rings is 1. The van der Waals surface area contributed by atoms with Gasteiger partial charge in [-0.25, -0.2) is 29.6 Å². The fourth-order valence-electron chi connectivity index (χ4n) is 3.05. The van der Waals surface area contributed by atoms with Crippen LogP contribution in [0.1, 0.15) is 12.8 Å². The van der Waals surface area contributed by atoms with Crippen LogP contribution in [-0.4, -0.2) is 65.8 Å². The molecular formula is C14H18N2O7S3. The van der Waals surface area contributed by atoms with Crippen molar-refractivity contribution in [3.63, 3.8) is 0 Å². The summed E-state index contributed by atoms with van der Waals surface area (Å²) in [6.45, 7) is 0. The third-order valence-electron chi connectivity index (χ3n) is 4.55. The summed E-state index contributed by atoms with van der Waals surface area (Å²) in [7, 11) is -9.58. The zero-order valence-corrected chi connectivity index (χ0v) is 16.3. The van der Waals surface area contributed by atoms with Crippen molar-refractivity contribution >= 4 is 41.5 Å². The molecular weight excluding hydrogens is 404 g/mol. The number of sulfone groups is 1. The zero-order valence-electron chi connectivity index (χ0n) is 13.9. The summed E-state index contributed by atoms with van der Waals surface area (Å²) in [6.07, 6.45) is 0.123. The molecule has 2 aliphatic heterocycles. The van der Waals surface area contributed by atoms with Crippen LogP contribution >= 0.6 is 0 Å². The van der Waals surface area contributed by atoms with Crippen LogP contribution in [-0.2, 0) is 34.7 Å². The predicted molar refractivity (Wildman–Crippen MR) is 94.3 cm³/mol. The van der Waals surface area contributed by atoms with E-state index >= 15 is 0 Å². The second-order valence-corrected chi connectivity index (χ2v) is 12.5. The highest BCUT2D eigenvalue weighted by molar-refractivity contribution is 7.94. The Bertz CT molecular complexity index is 1040. The zero-order chi connectivity index (χ0) is 19.3. The second kappa shape index (κ2) is 6.29. The highest BCUT2D eigenvalue weighted by Crippen LogP contribution is 2.28. The molecule has 1 amide bonds. The molecule has 1 aromatic carbocycles. The van der Waals surface area contributed by atoms with Gasteiger partial charge < -0.3 is 0 Å². The molecule has 0 aliphatic carbocycles. The minimum atomic E-state index is -3.94. The monoisotopic (exact) mass is 422 g/mol.